The third-order valence-electron chi connectivity index (χ3n) is 4.48. The van der Waals surface area contributed by atoms with E-state index >= 15 is 0 Å². The van der Waals surface area contributed by atoms with Crippen molar-refractivity contribution in [3.05, 3.63) is 48.4 Å². The van der Waals surface area contributed by atoms with E-state index in [1.807, 2.05) is 55.1 Å². The van der Waals surface area contributed by atoms with E-state index in [9.17, 15) is 4.79 Å². The molecule has 25 heavy (non-hydrogen) atoms. The zero-order valence-electron chi connectivity index (χ0n) is 14.9. The predicted octanol–water partition coefficient (Wildman–Crippen LogP) is 2.33. The average molecular weight is 340 g/mol. The van der Waals surface area contributed by atoms with Crippen molar-refractivity contribution in [2.75, 3.05) is 32.1 Å². The van der Waals surface area contributed by atoms with Gasteiger partial charge in [-0.15, -0.1) is 0 Å². The maximum atomic E-state index is 12.7. The van der Waals surface area contributed by atoms with Crippen molar-refractivity contribution in [1.29, 1.82) is 0 Å². The van der Waals surface area contributed by atoms with Crippen LogP contribution in [0, 0.1) is 0 Å². The monoisotopic (exact) mass is 340 g/mol. The molecule has 3 rings (SSSR count). The molecular weight excluding hydrogens is 316 g/mol. The summed E-state index contributed by atoms with van der Waals surface area (Å²) in [4.78, 5) is 25.0. The van der Waals surface area contributed by atoms with Crippen molar-refractivity contribution in [3.8, 4) is 5.75 Å². The Morgan fingerprint density at radius 2 is 2.12 bits per heavy atom. The lowest BCUT2D eigenvalue weighted by Gasteiger charge is -2.22. The van der Waals surface area contributed by atoms with Crippen LogP contribution < -0.4 is 9.64 Å². The van der Waals surface area contributed by atoms with E-state index in [2.05, 4.69) is 9.97 Å². The number of hydrogen-bond acceptors (Lipinski definition) is 5. The summed E-state index contributed by atoms with van der Waals surface area (Å²) in [6.45, 7) is 3.25. The Bertz CT molecular complexity index is 720. The van der Waals surface area contributed by atoms with Gasteiger partial charge in [-0.3, -0.25) is 9.78 Å². The SMILES string of the molecule is C[C@H](C(=O)N1CC[C@H](Oc2cccnc2N(C)C)C1)c1cccnc1. The Balaban J connectivity index is 1.63. The molecule has 6 heteroatoms. The van der Waals surface area contributed by atoms with Gasteiger partial charge in [0.05, 0.1) is 12.5 Å². The van der Waals surface area contributed by atoms with Gasteiger partial charge in [0, 0.05) is 45.7 Å². The Hall–Kier alpha value is -2.63. The highest BCUT2D eigenvalue weighted by Gasteiger charge is 2.31. The van der Waals surface area contributed by atoms with Crippen LogP contribution in [-0.2, 0) is 4.79 Å². The molecule has 1 fully saturated rings. The Labute approximate surface area is 148 Å². The normalized spacial score (nSPS) is 18.0. The molecule has 2 atom stereocenters. The molecule has 0 saturated carbocycles. The number of hydrogen-bond donors (Lipinski definition) is 0. The van der Waals surface area contributed by atoms with Gasteiger partial charge in [-0.2, -0.15) is 0 Å². The van der Waals surface area contributed by atoms with Gasteiger partial charge >= 0.3 is 0 Å². The number of aromatic nitrogens is 2. The number of amides is 1. The fourth-order valence-corrected chi connectivity index (χ4v) is 3.06. The molecule has 1 saturated heterocycles. The van der Waals surface area contributed by atoms with Crippen LogP contribution in [0.5, 0.6) is 5.75 Å². The highest BCUT2D eigenvalue weighted by molar-refractivity contribution is 5.83. The van der Waals surface area contributed by atoms with E-state index in [1.54, 1.807) is 18.6 Å². The molecule has 2 aromatic heterocycles. The van der Waals surface area contributed by atoms with Gasteiger partial charge in [0.25, 0.3) is 0 Å². The number of carbonyl (C=O) groups is 1. The summed E-state index contributed by atoms with van der Waals surface area (Å²) in [6.07, 6.45) is 6.05. The van der Waals surface area contributed by atoms with E-state index < -0.39 is 0 Å². The fourth-order valence-electron chi connectivity index (χ4n) is 3.06. The second-order valence-electron chi connectivity index (χ2n) is 6.54. The van der Waals surface area contributed by atoms with Gasteiger partial charge in [-0.05, 0) is 30.7 Å². The average Bonchev–Trinajstić information content (AvgIpc) is 3.10. The number of carbonyl (C=O) groups excluding carboxylic acids is 1. The van der Waals surface area contributed by atoms with Gasteiger partial charge in [0.15, 0.2) is 11.6 Å². The van der Waals surface area contributed by atoms with Crippen molar-refractivity contribution in [2.45, 2.75) is 25.4 Å². The van der Waals surface area contributed by atoms with Gasteiger partial charge in [0.1, 0.15) is 6.10 Å². The smallest absolute Gasteiger partial charge is 0.230 e. The molecule has 0 aromatic carbocycles. The molecule has 6 nitrogen and oxygen atoms in total. The first-order valence-corrected chi connectivity index (χ1v) is 8.54. The van der Waals surface area contributed by atoms with Crippen molar-refractivity contribution >= 4 is 11.7 Å². The summed E-state index contributed by atoms with van der Waals surface area (Å²) in [5.41, 5.74) is 0.944. The highest BCUT2D eigenvalue weighted by atomic mass is 16.5. The second kappa shape index (κ2) is 7.51. The largest absolute Gasteiger partial charge is 0.485 e. The summed E-state index contributed by atoms with van der Waals surface area (Å²) >= 11 is 0. The molecule has 0 spiro atoms. The van der Waals surface area contributed by atoms with Crippen molar-refractivity contribution in [3.63, 3.8) is 0 Å². The van der Waals surface area contributed by atoms with Crippen LogP contribution in [0.25, 0.3) is 0 Å². The number of rotatable bonds is 5. The molecule has 3 heterocycles. The minimum absolute atomic E-state index is 0.00653. The Morgan fingerprint density at radius 1 is 1.32 bits per heavy atom. The summed E-state index contributed by atoms with van der Waals surface area (Å²) in [7, 11) is 3.88. The maximum absolute atomic E-state index is 12.7. The van der Waals surface area contributed by atoms with Crippen molar-refractivity contribution in [1.82, 2.24) is 14.9 Å². The first-order chi connectivity index (χ1) is 12.1. The van der Waals surface area contributed by atoms with E-state index in [1.165, 1.54) is 0 Å². The maximum Gasteiger partial charge on any atom is 0.230 e. The highest BCUT2D eigenvalue weighted by Crippen LogP contribution is 2.27. The first-order valence-electron chi connectivity index (χ1n) is 8.54. The molecule has 0 radical (unpaired) electrons. The predicted molar refractivity (Wildman–Crippen MR) is 96.8 cm³/mol. The lowest BCUT2D eigenvalue weighted by atomic mass is 10.0. The minimum Gasteiger partial charge on any atom is -0.485 e. The number of pyridine rings is 2. The van der Waals surface area contributed by atoms with Crippen LogP contribution >= 0.6 is 0 Å². The fraction of sp³-hybridized carbons (Fsp3) is 0.421. The zero-order valence-corrected chi connectivity index (χ0v) is 14.9. The molecule has 0 unspecified atom stereocenters. The van der Waals surface area contributed by atoms with E-state index in [4.69, 9.17) is 4.74 Å². The number of anilines is 1. The third-order valence-corrected chi connectivity index (χ3v) is 4.48. The minimum atomic E-state index is -0.192. The van der Waals surface area contributed by atoms with Crippen LogP contribution in [0.1, 0.15) is 24.8 Å². The topological polar surface area (TPSA) is 58.6 Å². The van der Waals surface area contributed by atoms with Crippen molar-refractivity contribution in [2.24, 2.45) is 0 Å². The lowest BCUT2D eigenvalue weighted by Crippen LogP contribution is -2.34. The van der Waals surface area contributed by atoms with E-state index in [0.717, 1.165) is 23.6 Å². The summed E-state index contributed by atoms with van der Waals surface area (Å²) in [5.74, 6) is 1.49. The van der Waals surface area contributed by atoms with Crippen LogP contribution in [0.2, 0.25) is 0 Å². The Morgan fingerprint density at radius 3 is 2.84 bits per heavy atom. The third kappa shape index (κ3) is 3.90. The van der Waals surface area contributed by atoms with Crippen LogP contribution in [-0.4, -0.2) is 54.1 Å². The number of likely N-dealkylation sites (tertiary alicyclic amines) is 1. The Kier molecular flexibility index (Phi) is 5.16. The summed E-state index contributed by atoms with van der Waals surface area (Å²) in [6, 6.07) is 7.59. The summed E-state index contributed by atoms with van der Waals surface area (Å²) in [5, 5.41) is 0. The molecule has 0 aliphatic carbocycles. The lowest BCUT2D eigenvalue weighted by molar-refractivity contribution is -0.131. The van der Waals surface area contributed by atoms with E-state index in [-0.39, 0.29) is 17.9 Å². The summed E-state index contributed by atoms with van der Waals surface area (Å²) < 4.78 is 6.12. The number of ether oxygens (including phenoxy) is 1. The molecule has 2 aromatic rings. The first kappa shape index (κ1) is 17.2. The molecular formula is C19H24N4O2. The van der Waals surface area contributed by atoms with Gasteiger partial charge < -0.3 is 14.5 Å². The molecule has 1 amide bonds. The van der Waals surface area contributed by atoms with Crippen LogP contribution in [0.3, 0.4) is 0 Å². The van der Waals surface area contributed by atoms with E-state index in [0.29, 0.717) is 13.1 Å². The quantitative estimate of drug-likeness (QED) is 0.836. The van der Waals surface area contributed by atoms with Gasteiger partial charge in [-0.1, -0.05) is 6.07 Å². The number of nitrogens with zero attached hydrogens (tertiary/aromatic N) is 4. The molecule has 0 N–H and O–H groups in total. The van der Waals surface area contributed by atoms with Gasteiger partial charge in [-0.25, -0.2) is 4.98 Å². The standard InChI is InChI=1S/C19H24N4O2/c1-14(15-6-4-9-20-12-15)19(24)23-11-8-16(13-23)25-17-7-5-10-21-18(17)22(2)3/h4-7,9-10,12,14,16H,8,11,13H2,1-3H3/t14-,16-/m0/s1. The zero-order chi connectivity index (χ0) is 17.8. The van der Waals surface area contributed by atoms with Gasteiger partial charge in [0.2, 0.25) is 5.91 Å². The molecule has 1 aliphatic rings. The molecule has 132 valence electrons. The molecule has 1 aliphatic heterocycles. The second-order valence-corrected chi connectivity index (χ2v) is 6.54. The van der Waals surface area contributed by atoms with Crippen LogP contribution in [0.4, 0.5) is 5.82 Å². The molecule has 0 bridgehead atoms. The van der Waals surface area contributed by atoms with Crippen LogP contribution in [0.15, 0.2) is 42.9 Å². The van der Waals surface area contributed by atoms with Crippen molar-refractivity contribution < 1.29 is 9.53 Å².